The van der Waals surface area contributed by atoms with Crippen molar-refractivity contribution >= 4 is 17.6 Å². The van der Waals surface area contributed by atoms with Crippen LogP contribution in [0.3, 0.4) is 0 Å². The highest BCUT2D eigenvalue weighted by Crippen LogP contribution is 2.19. The molecule has 1 saturated heterocycles. The van der Waals surface area contributed by atoms with E-state index in [1.807, 2.05) is 0 Å². The summed E-state index contributed by atoms with van der Waals surface area (Å²) < 4.78 is 6.48. The first-order valence-corrected chi connectivity index (χ1v) is 6.89. The van der Waals surface area contributed by atoms with Crippen molar-refractivity contribution in [1.82, 2.24) is 15.1 Å². The van der Waals surface area contributed by atoms with Crippen LogP contribution < -0.4 is 16.0 Å². The summed E-state index contributed by atoms with van der Waals surface area (Å²) in [5.41, 5.74) is 5.66. The number of aryl methyl sites for hydroxylation is 1. The summed E-state index contributed by atoms with van der Waals surface area (Å²) in [6.07, 6.45) is 3.18. The van der Waals surface area contributed by atoms with Gasteiger partial charge in [-0.05, 0) is 12.8 Å². The molecule has 2 heterocycles. The second-order valence-electron chi connectivity index (χ2n) is 5.10. The van der Waals surface area contributed by atoms with Crippen LogP contribution in [0, 0.1) is 0 Å². The van der Waals surface area contributed by atoms with Gasteiger partial charge >= 0.3 is 0 Å². The van der Waals surface area contributed by atoms with Crippen LogP contribution in [0.15, 0.2) is 12.3 Å². The van der Waals surface area contributed by atoms with Crippen LogP contribution in [0.4, 0.5) is 5.82 Å². The third-order valence-electron chi connectivity index (χ3n) is 3.41. The molecule has 1 fully saturated rings. The Labute approximate surface area is 123 Å². The second-order valence-corrected chi connectivity index (χ2v) is 5.10. The highest BCUT2D eigenvalue weighted by molar-refractivity contribution is 5.99. The Morgan fingerprint density at radius 1 is 1.67 bits per heavy atom. The van der Waals surface area contributed by atoms with Gasteiger partial charge in [-0.25, -0.2) is 0 Å². The van der Waals surface area contributed by atoms with Crippen LogP contribution in [-0.4, -0.2) is 53.9 Å². The van der Waals surface area contributed by atoms with Gasteiger partial charge in [-0.15, -0.1) is 0 Å². The normalized spacial score (nSPS) is 20.4. The minimum absolute atomic E-state index is 0.122. The van der Waals surface area contributed by atoms with Gasteiger partial charge < -0.3 is 15.8 Å². The first-order chi connectivity index (χ1) is 10.0. The number of amides is 2. The van der Waals surface area contributed by atoms with Crippen molar-refractivity contribution in [3.63, 3.8) is 0 Å². The minimum atomic E-state index is -0.770. The minimum Gasteiger partial charge on any atom is -0.383 e. The van der Waals surface area contributed by atoms with Gasteiger partial charge in [0.15, 0.2) is 5.82 Å². The van der Waals surface area contributed by atoms with Crippen LogP contribution in [0.1, 0.15) is 12.8 Å². The van der Waals surface area contributed by atoms with E-state index in [2.05, 4.69) is 10.4 Å². The number of methoxy groups -OCH3 is 1. The molecule has 8 nitrogen and oxygen atoms in total. The van der Waals surface area contributed by atoms with Crippen molar-refractivity contribution in [3.05, 3.63) is 12.3 Å². The van der Waals surface area contributed by atoms with Gasteiger partial charge in [-0.2, -0.15) is 5.10 Å². The molecule has 2 rings (SSSR count). The monoisotopic (exact) mass is 295 g/mol. The number of anilines is 1. The number of nitrogens with two attached hydrogens (primary N) is 1. The Kier molecular flexibility index (Phi) is 4.92. The zero-order valence-corrected chi connectivity index (χ0v) is 12.3. The molecule has 8 heteroatoms. The predicted octanol–water partition coefficient (Wildman–Crippen LogP) is -0.995. The van der Waals surface area contributed by atoms with Gasteiger partial charge in [0.25, 0.3) is 5.91 Å². The molecule has 0 bridgehead atoms. The Hall–Kier alpha value is -1.93. The summed E-state index contributed by atoms with van der Waals surface area (Å²) in [6, 6.07) is 0.447. The van der Waals surface area contributed by atoms with Crippen molar-refractivity contribution in [2.24, 2.45) is 12.8 Å². The van der Waals surface area contributed by atoms with E-state index in [4.69, 9.17) is 10.5 Å². The fourth-order valence-electron chi connectivity index (χ4n) is 2.32. The van der Waals surface area contributed by atoms with Crippen molar-refractivity contribution in [3.8, 4) is 0 Å². The third kappa shape index (κ3) is 3.59. The number of piperidine rings is 1. The molecule has 116 valence electrons. The Morgan fingerprint density at radius 3 is 3.05 bits per heavy atom. The van der Waals surface area contributed by atoms with Crippen LogP contribution in [0.25, 0.3) is 0 Å². The number of hydrogen-bond acceptors (Lipinski definition) is 5. The fraction of sp³-hybridized carbons (Fsp3) is 0.615. The number of ether oxygens (including phenoxy) is 1. The molecule has 0 saturated carbocycles. The molecule has 0 spiro atoms. The Bertz CT molecular complexity index is 516. The summed E-state index contributed by atoms with van der Waals surface area (Å²) in [7, 11) is 3.27. The molecule has 1 aliphatic rings. The molecular weight excluding hydrogens is 274 g/mol. The topological polar surface area (TPSA) is 102 Å². The summed E-state index contributed by atoms with van der Waals surface area (Å²) in [4.78, 5) is 25.9. The van der Waals surface area contributed by atoms with Gasteiger partial charge in [0.2, 0.25) is 5.91 Å². The lowest BCUT2D eigenvalue weighted by atomic mass is 10.0. The number of carbonyl (C=O) groups is 2. The molecule has 21 heavy (non-hydrogen) atoms. The van der Waals surface area contributed by atoms with E-state index in [0.29, 0.717) is 18.8 Å². The molecular formula is C13H21N5O3. The summed E-state index contributed by atoms with van der Waals surface area (Å²) in [6.45, 7) is 0.725. The third-order valence-corrected chi connectivity index (χ3v) is 3.41. The largest absolute Gasteiger partial charge is 0.383 e. The molecule has 1 aromatic rings. The maximum Gasteiger partial charge on any atom is 0.250 e. The molecule has 2 amide bonds. The van der Waals surface area contributed by atoms with Crippen molar-refractivity contribution in [1.29, 1.82) is 0 Å². The fourth-order valence-corrected chi connectivity index (χ4v) is 2.32. The number of aromatic nitrogens is 2. The molecule has 0 aromatic carbocycles. The van der Waals surface area contributed by atoms with E-state index in [1.54, 1.807) is 28.9 Å². The highest BCUT2D eigenvalue weighted by Gasteiger charge is 2.32. The van der Waals surface area contributed by atoms with Gasteiger partial charge in [-0.1, -0.05) is 0 Å². The standard InChI is InChI=1S/C13H21N5O3/c1-17-7-5-11(16-17)18-6-3-4-10(13(18)20)15-12(19)9(14)8-21-2/h5,7,9-10H,3-4,6,8,14H2,1-2H3,(H,15,19). The van der Waals surface area contributed by atoms with Crippen molar-refractivity contribution in [2.45, 2.75) is 24.9 Å². The zero-order valence-electron chi connectivity index (χ0n) is 12.3. The van der Waals surface area contributed by atoms with Gasteiger partial charge in [0, 0.05) is 33.0 Å². The number of nitrogens with zero attached hydrogens (tertiary/aromatic N) is 3. The SMILES string of the molecule is COCC(N)C(=O)NC1CCCN(c2ccn(C)n2)C1=O. The first-order valence-electron chi connectivity index (χ1n) is 6.89. The van der Waals surface area contributed by atoms with E-state index >= 15 is 0 Å². The quantitative estimate of drug-likeness (QED) is 0.726. The Balaban J connectivity index is 2.01. The van der Waals surface area contributed by atoms with E-state index in [1.165, 1.54) is 7.11 Å². The molecule has 2 atom stereocenters. The van der Waals surface area contributed by atoms with Gasteiger partial charge in [0.1, 0.15) is 12.1 Å². The van der Waals surface area contributed by atoms with Gasteiger partial charge in [0.05, 0.1) is 6.61 Å². The average Bonchev–Trinajstić information content (AvgIpc) is 2.87. The van der Waals surface area contributed by atoms with E-state index < -0.39 is 12.1 Å². The smallest absolute Gasteiger partial charge is 0.250 e. The van der Waals surface area contributed by atoms with Crippen LogP contribution in [0.5, 0.6) is 0 Å². The molecule has 0 radical (unpaired) electrons. The zero-order chi connectivity index (χ0) is 15.4. The number of nitrogens with one attached hydrogen (secondary N) is 1. The van der Waals surface area contributed by atoms with E-state index in [9.17, 15) is 9.59 Å². The lowest BCUT2D eigenvalue weighted by molar-refractivity contribution is -0.129. The molecule has 3 N–H and O–H groups in total. The van der Waals surface area contributed by atoms with Gasteiger partial charge in [-0.3, -0.25) is 19.2 Å². The van der Waals surface area contributed by atoms with Crippen LogP contribution in [0.2, 0.25) is 0 Å². The maximum atomic E-state index is 12.4. The lowest BCUT2D eigenvalue weighted by Crippen LogP contribution is -2.56. The summed E-state index contributed by atoms with van der Waals surface area (Å²) >= 11 is 0. The average molecular weight is 295 g/mol. The summed E-state index contributed by atoms with van der Waals surface area (Å²) in [5, 5.41) is 6.92. The van der Waals surface area contributed by atoms with Crippen LogP contribution >= 0.6 is 0 Å². The Morgan fingerprint density at radius 2 is 2.43 bits per heavy atom. The maximum absolute atomic E-state index is 12.4. The van der Waals surface area contributed by atoms with E-state index in [-0.39, 0.29) is 18.4 Å². The van der Waals surface area contributed by atoms with Crippen LogP contribution in [-0.2, 0) is 21.4 Å². The number of carbonyl (C=O) groups excluding carboxylic acids is 2. The lowest BCUT2D eigenvalue weighted by Gasteiger charge is -2.31. The van der Waals surface area contributed by atoms with Crippen molar-refractivity contribution in [2.75, 3.05) is 25.2 Å². The number of hydrogen-bond donors (Lipinski definition) is 2. The second kappa shape index (κ2) is 6.68. The molecule has 2 unspecified atom stereocenters. The highest BCUT2D eigenvalue weighted by atomic mass is 16.5. The summed E-state index contributed by atoms with van der Waals surface area (Å²) in [5.74, 6) is 0.0682. The molecule has 0 aliphatic carbocycles. The van der Waals surface area contributed by atoms with E-state index in [0.717, 1.165) is 6.42 Å². The number of rotatable bonds is 5. The first kappa shape index (κ1) is 15.5. The van der Waals surface area contributed by atoms with Crippen molar-refractivity contribution < 1.29 is 14.3 Å². The molecule has 1 aromatic heterocycles. The predicted molar refractivity (Wildman–Crippen MR) is 76.6 cm³/mol. The molecule has 1 aliphatic heterocycles.